The van der Waals surface area contributed by atoms with E-state index in [1.807, 2.05) is 0 Å². The predicted octanol–water partition coefficient (Wildman–Crippen LogP) is 12.0. The predicted molar refractivity (Wildman–Crippen MR) is 174 cm³/mol. The van der Waals surface area contributed by atoms with Crippen LogP contribution >= 0.6 is 0 Å². The molecule has 1 unspecified atom stereocenters. The van der Waals surface area contributed by atoms with Gasteiger partial charge in [-0.25, -0.2) is 0 Å². The van der Waals surface area contributed by atoms with Crippen LogP contribution in [0, 0.1) is 0 Å². The molecule has 0 N–H and O–H groups in total. The molecule has 2 nitrogen and oxygen atoms in total. The Bertz CT molecular complexity index is 669. The molecule has 1 atom stereocenters. The summed E-state index contributed by atoms with van der Waals surface area (Å²) < 4.78 is 0. The first kappa shape index (κ1) is 33.8. The fourth-order valence-corrected chi connectivity index (χ4v) is 6.19. The summed E-state index contributed by atoms with van der Waals surface area (Å²) in [6, 6.07) is 11.0. The lowest BCUT2D eigenvalue weighted by molar-refractivity contribution is 0.132. The maximum Gasteiger partial charge on any atom is 0.101 e. The van der Waals surface area contributed by atoms with E-state index >= 15 is 0 Å². The van der Waals surface area contributed by atoms with E-state index < -0.39 is 0 Å². The molecule has 0 saturated carbocycles. The summed E-state index contributed by atoms with van der Waals surface area (Å²) in [7, 11) is 0. The Hall–Kier alpha value is -1.44. The molecule has 1 aliphatic rings. The minimum atomic E-state index is 0.553. The van der Waals surface area contributed by atoms with Crippen LogP contribution in [0.3, 0.4) is 0 Å². The number of benzene rings is 1. The van der Waals surface area contributed by atoms with Gasteiger partial charge in [-0.2, -0.15) is 0 Å². The third kappa shape index (κ3) is 17.1. The summed E-state index contributed by atoms with van der Waals surface area (Å²) in [5.74, 6) is 0. The van der Waals surface area contributed by atoms with Gasteiger partial charge < -0.3 is 9.80 Å². The van der Waals surface area contributed by atoms with E-state index in [9.17, 15) is 0 Å². The van der Waals surface area contributed by atoms with Gasteiger partial charge in [0.05, 0.1) is 0 Å². The molecule has 1 aromatic rings. The Morgan fingerprint density at radius 3 is 1.36 bits per heavy atom. The fourth-order valence-electron chi connectivity index (χ4n) is 6.19. The molecule has 1 aliphatic heterocycles. The SMILES string of the molecule is CCCCCCCCCCCCCCCCCN1C=CN(Cc2ccccc2)C1CCCCCCCCCC. The van der Waals surface area contributed by atoms with E-state index in [1.165, 1.54) is 166 Å². The van der Waals surface area contributed by atoms with Crippen LogP contribution in [0.4, 0.5) is 0 Å². The van der Waals surface area contributed by atoms with Gasteiger partial charge in [-0.1, -0.05) is 179 Å². The van der Waals surface area contributed by atoms with Crippen molar-refractivity contribution in [2.75, 3.05) is 6.54 Å². The molecule has 0 spiro atoms. The van der Waals surface area contributed by atoms with Crippen LogP contribution in [0.15, 0.2) is 42.7 Å². The molecular weight excluding hydrogens is 472 g/mol. The second kappa shape index (κ2) is 24.4. The van der Waals surface area contributed by atoms with E-state index in [-0.39, 0.29) is 0 Å². The summed E-state index contributed by atoms with van der Waals surface area (Å²) in [6.07, 6.45) is 39.4. The topological polar surface area (TPSA) is 6.48 Å². The van der Waals surface area contributed by atoms with Crippen LogP contribution in [0.25, 0.3) is 0 Å². The first-order chi connectivity index (χ1) is 19.3. The maximum atomic E-state index is 2.66. The summed E-state index contributed by atoms with van der Waals surface area (Å²) in [4.78, 5) is 5.26. The van der Waals surface area contributed by atoms with E-state index in [0.717, 1.165) is 6.54 Å². The van der Waals surface area contributed by atoms with Crippen LogP contribution in [-0.2, 0) is 6.54 Å². The first-order valence-corrected chi connectivity index (χ1v) is 17.6. The lowest BCUT2D eigenvalue weighted by Gasteiger charge is -2.33. The second-order valence-electron chi connectivity index (χ2n) is 12.4. The first-order valence-electron chi connectivity index (χ1n) is 17.6. The zero-order valence-corrected chi connectivity index (χ0v) is 26.4. The van der Waals surface area contributed by atoms with Crippen molar-refractivity contribution in [2.24, 2.45) is 0 Å². The monoisotopic (exact) mass is 539 g/mol. The van der Waals surface area contributed by atoms with Gasteiger partial charge in [0.15, 0.2) is 0 Å². The number of nitrogens with zero attached hydrogens (tertiary/aromatic N) is 2. The van der Waals surface area contributed by atoms with Crippen molar-refractivity contribution >= 4 is 0 Å². The Balaban J connectivity index is 1.55. The standard InChI is InChI=1S/C37H66N2/c1-3-5-7-9-11-13-14-15-16-17-18-19-21-23-28-32-38-33-34-39(35-36-29-25-24-26-30-36)37(38)31-27-22-20-12-10-8-6-4-2/h24-26,29-30,33-34,37H,3-23,27-28,31-32,35H2,1-2H3. The molecule has 1 heterocycles. The highest BCUT2D eigenvalue weighted by Gasteiger charge is 2.25. The normalized spacial score (nSPS) is 15.1. The van der Waals surface area contributed by atoms with Crippen molar-refractivity contribution in [3.63, 3.8) is 0 Å². The Kier molecular flexibility index (Phi) is 21.1. The highest BCUT2D eigenvalue weighted by atomic mass is 15.4. The third-order valence-corrected chi connectivity index (χ3v) is 8.76. The number of hydrogen-bond acceptors (Lipinski definition) is 2. The minimum Gasteiger partial charge on any atom is -0.356 e. The van der Waals surface area contributed by atoms with E-state index in [4.69, 9.17) is 0 Å². The fraction of sp³-hybridized carbons (Fsp3) is 0.784. The van der Waals surface area contributed by atoms with Gasteiger partial charge in [0.2, 0.25) is 0 Å². The molecule has 0 radical (unpaired) electrons. The highest BCUT2D eigenvalue weighted by Crippen LogP contribution is 2.25. The van der Waals surface area contributed by atoms with Crippen molar-refractivity contribution in [1.29, 1.82) is 0 Å². The van der Waals surface area contributed by atoms with E-state index in [0.29, 0.717) is 6.17 Å². The van der Waals surface area contributed by atoms with Crippen LogP contribution in [0.2, 0.25) is 0 Å². The summed E-state index contributed by atoms with van der Waals surface area (Å²) in [5, 5.41) is 0. The van der Waals surface area contributed by atoms with Crippen molar-refractivity contribution in [3.8, 4) is 0 Å². The molecule has 1 aromatic carbocycles. The maximum absolute atomic E-state index is 2.66. The van der Waals surface area contributed by atoms with Gasteiger partial charge in [-0.05, 0) is 24.8 Å². The molecule has 2 rings (SSSR count). The summed E-state index contributed by atoms with van der Waals surface area (Å²) >= 11 is 0. The van der Waals surface area contributed by atoms with Crippen molar-refractivity contribution < 1.29 is 0 Å². The zero-order chi connectivity index (χ0) is 27.6. The average molecular weight is 539 g/mol. The zero-order valence-electron chi connectivity index (χ0n) is 26.4. The van der Waals surface area contributed by atoms with E-state index in [2.05, 4.69) is 66.4 Å². The number of unbranched alkanes of at least 4 members (excludes halogenated alkanes) is 21. The van der Waals surface area contributed by atoms with Crippen molar-refractivity contribution in [3.05, 3.63) is 48.3 Å². The van der Waals surface area contributed by atoms with Gasteiger partial charge >= 0.3 is 0 Å². The summed E-state index contributed by atoms with van der Waals surface area (Å²) in [6.45, 7) is 6.87. The van der Waals surface area contributed by atoms with Gasteiger partial charge in [-0.3, -0.25) is 0 Å². The van der Waals surface area contributed by atoms with Crippen LogP contribution in [0.5, 0.6) is 0 Å². The molecular formula is C37H66N2. The lowest BCUT2D eigenvalue weighted by Crippen LogP contribution is -2.38. The number of hydrogen-bond donors (Lipinski definition) is 0. The average Bonchev–Trinajstić information content (AvgIpc) is 3.33. The quantitative estimate of drug-likeness (QED) is 0.103. The van der Waals surface area contributed by atoms with Crippen LogP contribution in [-0.4, -0.2) is 22.5 Å². The van der Waals surface area contributed by atoms with E-state index in [1.54, 1.807) is 0 Å². The molecule has 2 heteroatoms. The Morgan fingerprint density at radius 2 is 0.872 bits per heavy atom. The molecule has 0 aromatic heterocycles. The molecule has 39 heavy (non-hydrogen) atoms. The van der Waals surface area contributed by atoms with Crippen LogP contribution < -0.4 is 0 Å². The second-order valence-corrected chi connectivity index (χ2v) is 12.4. The lowest BCUT2D eigenvalue weighted by atomic mass is 10.0. The molecule has 224 valence electrons. The smallest absolute Gasteiger partial charge is 0.101 e. The summed E-state index contributed by atoms with van der Waals surface area (Å²) in [5.41, 5.74) is 1.43. The van der Waals surface area contributed by atoms with Gasteiger partial charge in [0, 0.05) is 25.5 Å². The molecule has 0 aliphatic carbocycles. The third-order valence-electron chi connectivity index (χ3n) is 8.76. The van der Waals surface area contributed by atoms with Gasteiger partial charge in [-0.15, -0.1) is 0 Å². The van der Waals surface area contributed by atoms with Crippen LogP contribution in [0.1, 0.15) is 174 Å². The molecule has 0 amide bonds. The van der Waals surface area contributed by atoms with Crippen molar-refractivity contribution in [1.82, 2.24) is 9.80 Å². The molecule has 0 bridgehead atoms. The largest absolute Gasteiger partial charge is 0.356 e. The number of rotatable bonds is 27. The Morgan fingerprint density at radius 1 is 0.462 bits per heavy atom. The molecule has 0 fully saturated rings. The highest BCUT2D eigenvalue weighted by molar-refractivity contribution is 5.16. The van der Waals surface area contributed by atoms with Gasteiger partial charge in [0.25, 0.3) is 0 Å². The van der Waals surface area contributed by atoms with Crippen molar-refractivity contribution in [2.45, 2.75) is 181 Å². The minimum absolute atomic E-state index is 0.553. The Labute approximate surface area is 245 Å². The molecule has 0 saturated heterocycles. The van der Waals surface area contributed by atoms with Gasteiger partial charge in [0.1, 0.15) is 6.17 Å².